The van der Waals surface area contributed by atoms with Crippen molar-refractivity contribution in [3.8, 4) is 11.5 Å². The maximum atomic E-state index is 12.3. The van der Waals surface area contributed by atoms with Crippen molar-refractivity contribution in [1.82, 2.24) is 5.32 Å². The predicted octanol–water partition coefficient (Wildman–Crippen LogP) is 3.59. The number of hydrogen-bond donors (Lipinski definition) is 2. The van der Waals surface area contributed by atoms with E-state index >= 15 is 0 Å². The Morgan fingerprint density at radius 3 is 2.32 bits per heavy atom. The van der Waals surface area contributed by atoms with Gasteiger partial charge in [0.25, 0.3) is 0 Å². The Kier molecular flexibility index (Phi) is 6.87. The average Bonchev–Trinajstić information content (AvgIpc) is 2.71. The minimum Gasteiger partial charge on any atom is -0.493 e. The number of benzene rings is 2. The van der Waals surface area contributed by atoms with Gasteiger partial charge in [-0.05, 0) is 35.9 Å². The fourth-order valence-electron chi connectivity index (χ4n) is 2.68. The van der Waals surface area contributed by atoms with Crippen LogP contribution in [0.25, 0.3) is 0 Å². The lowest BCUT2D eigenvalue weighted by Gasteiger charge is -2.26. The summed E-state index contributed by atoms with van der Waals surface area (Å²) in [5.41, 5.74) is 1.53. The summed E-state index contributed by atoms with van der Waals surface area (Å²) in [5.74, 6) is 0.828. The second kappa shape index (κ2) is 9.12. The van der Waals surface area contributed by atoms with Crippen LogP contribution in [-0.2, 0) is 10.2 Å². The Labute approximate surface area is 165 Å². The highest BCUT2D eigenvalue weighted by atomic mass is 16.5. The average molecular weight is 386 g/mol. The first-order valence-electron chi connectivity index (χ1n) is 8.76. The number of amides is 2. The maximum Gasteiger partial charge on any atom is 0.337 e. The molecule has 2 rings (SSSR count). The van der Waals surface area contributed by atoms with Crippen molar-refractivity contribution < 1.29 is 23.8 Å². The first kappa shape index (κ1) is 21.1. The molecule has 0 saturated heterocycles. The van der Waals surface area contributed by atoms with E-state index in [-0.39, 0.29) is 11.4 Å². The third-order valence-corrected chi connectivity index (χ3v) is 4.40. The van der Waals surface area contributed by atoms with Crippen LogP contribution in [0.15, 0.2) is 42.5 Å². The van der Waals surface area contributed by atoms with E-state index in [2.05, 4.69) is 15.4 Å². The van der Waals surface area contributed by atoms with Crippen LogP contribution in [0.3, 0.4) is 0 Å². The van der Waals surface area contributed by atoms with Crippen molar-refractivity contribution in [3.05, 3.63) is 53.6 Å². The molecule has 2 aromatic carbocycles. The molecular weight excluding hydrogens is 360 g/mol. The highest BCUT2D eigenvalue weighted by Crippen LogP contribution is 2.32. The lowest BCUT2D eigenvalue weighted by Crippen LogP contribution is -2.39. The van der Waals surface area contributed by atoms with Crippen LogP contribution in [0.4, 0.5) is 10.5 Å². The number of urea groups is 1. The van der Waals surface area contributed by atoms with E-state index in [9.17, 15) is 9.59 Å². The molecule has 0 unspecified atom stereocenters. The summed E-state index contributed by atoms with van der Waals surface area (Å²) in [6.07, 6.45) is 0. The minimum atomic E-state index is -0.460. The molecule has 2 N–H and O–H groups in total. The van der Waals surface area contributed by atoms with E-state index in [0.717, 1.165) is 5.56 Å². The van der Waals surface area contributed by atoms with Gasteiger partial charge in [-0.15, -0.1) is 0 Å². The van der Waals surface area contributed by atoms with Gasteiger partial charge < -0.3 is 24.8 Å². The van der Waals surface area contributed by atoms with Crippen LogP contribution in [-0.4, -0.2) is 39.9 Å². The number of carbonyl (C=O) groups excluding carboxylic acids is 2. The number of rotatable bonds is 7. The van der Waals surface area contributed by atoms with Crippen LogP contribution in [0, 0.1) is 0 Å². The molecule has 0 aromatic heterocycles. The molecule has 7 heteroatoms. The molecule has 0 atom stereocenters. The first-order valence-corrected chi connectivity index (χ1v) is 8.76. The van der Waals surface area contributed by atoms with E-state index in [1.54, 1.807) is 38.5 Å². The van der Waals surface area contributed by atoms with Gasteiger partial charge in [-0.3, -0.25) is 0 Å². The van der Waals surface area contributed by atoms with E-state index < -0.39 is 5.97 Å². The fraction of sp³-hybridized carbons (Fsp3) is 0.333. The SMILES string of the molecule is COC(=O)c1cccc(NC(=O)NCC(C)(C)c2ccc(OC)c(OC)c2)c1. The number of nitrogens with one attached hydrogen (secondary N) is 2. The smallest absolute Gasteiger partial charge is 0.337 e. The summed E-state index contributed by atoms with van der Waals surface area (Å²) in [6, 6.07) is 11.9. The lowest BCUT2D eigenvalue weighted by atomic mass is 9.84. The van der Waals surface area contributed by atoms with Gasteiger partial charge in [0.1, 0.15) is 0 Å². The van der Waals surface area contributed by atoms with Gasteiger partial charge in [-0.1, -0.05) is 26.0 Å². The Morgan fingerprint density at radius 2 is 1.68 bits per heavy atom. The Bertz CT molecular complexity index is 848. The van der Waals surface area contributed by atoms with Gasteiger partial charge in [0.15, 0.2) is 11.5 Å². The molecule has 2 amide bonds. The second-order valence-electron chi connectivity index (χ2n) is 6.83. The molecule has 2 aromatic rings. The summed E-state index contributed by atoms with van der Waals surface area (Å²) in [6.45, 7) is 4.43. The summed E-state index contributed by atoms with van der Waals surface area (Å²) in [7, 11) is 4.48. The van der Waals surface area contributed by atoms with Crippen molar-refractivity contribution in [2.24, 2.45) is 0 Å². The first-order chi connectivity index (χ1) is 13.3. The van der Waals surface area contributed by atoms with E-state index in [1.165, 1.54) is 7.11 Å². The van der Waals surface area contributed by atoms with Crippen molar-refractivity contribution in [1.29, 1.82) is 0 Å². The lowest BCUT2D eigenvalue weighted by molar-refractivity contribution is 0.0600. The second-order valence-corrected chi connectivity index (χ2v) is 6.83. The van der Waals surface area contributed by atoms with Gasteiger partial charge in [0, 0.05) is 17.6 Å². The zero-order valence-corrected chi connectivity index (χ0v) is 16.8. The van der Waals surface area contributed by atoms with Crippen molar-refractivity contribution in [2.45, 2.75) is 19.3 Å². The Balaban J connectivity index is 2.02. The molecule has 0 heterocycles. The molecule has 28 heavy (non-hydrogen) atoms. The number of methoxy groups -OCH3 is 3. The zero-order chi connectivity index (χ0) is 20.7. The van der Waals surface area contributed by atoms with Crippen molar-refractivity contribution >= 4 is 17.7 Å². The van der Waals surface area contributed by atoms with Crippen LogP contribution in [0.5, 0.6) is 11.5 Å². The summed E-state index contributed by atoms with van der Waals surface area (Å²) in [5, 5.41) is 5.58. The summed E-state index contributed by atoms with van der Waals surface area (Å²) >= 11 is 0. The fourth-order valence-corrected chi connectivity index (χ4v) is 2.68. The highest BCUT2D eigenvalue weighted by molar-refractivity contribution is 5.93. The molecule has 0 aliphatic heterocycles. The Hall–Kier alpha value is -3.22. The normalized spacial score (nSPS) is 10.8. The van der Waals surface area contributed by atoms with Gasteiger partial charge >= 0.3 is 12.0 Å². The molecule has 7 nitrogen and oxygen atoms in total. The highest BCUT2D eigenvalue weighted by Gasteiger charge is 2.23. The van der Waals surface area contributed by atoms with Gasteiger partial charge in [-0.2, -0.15) is 0 Å². The number of carbonyl (C=O) groups is 2. The third kappa shape index (κ3) is 5.16. The van der Waals surface area contributed by atoms with E-state index in [0.29, 0.717) is 29.3 Å². The quantitative estimate of drug-likeness (QED) is 0.710. The van der Waals surface area contributed by atoms with Crippen LogP contribution >= 0.6 is 0 Å². The molecular formula is C21H26N2O5. The molecule has 0 radical (unpaired) electrons. The van der Waals surface area contributed by atoms with Crippen molar-refractivity contribution in [3.63, 3.8) is 0 Å². The van der Waals surface area contributed by atoms with Gasteiger partial charge in [0.05, 0.1) is 26.9 Å². The van der Waals surface area contributed by atoms with Gasteiger partial charge in [0.2, 0.25) is 0 Å². The third-order valence-electron chi connectivity index (χ3n) is 4.40. The summed E-state index contributed by atoms with van der Waals surface area (Å²) < 4.78 is 15.3. The topological polar surface area (TPSA) is 85.9 Å². The standard InChI is InChI=1S/C21H26N2O5/c1-21(2,15-9-10-17(26-3)18(12-15)27-4)13-22-20(25)23-16-8-6-7-14(11-16)19(24)28-5/h6-12H,13H2,1-5H3,(H2,22,23,25). The molecule has 0 fully saturated rings. The number of anilines is 1. The molecule has 150 valence electrons. The van der Waals surface area contributed by atoms with Crippen LogP contribution in [0.1, 0.15) is 29.8 Å². The largest absolute Gasteiger partial charge is 0.493 e. The maximum absolute atomic E-state index is 12.3. The minimum absolute atomic E-state index is 0.343. The Morgan fingerprint density at radius 1 is 0.964 bits per heavy atom. The summed E-state index contributed by atoms with van der Waals surface area (Å²) in [4.78, 5) is 23.9. The number of esters is 1. The van der Waals surface area contributed by atoms with Crippen LogP contribution in [0.2, 0.25) is 0 Å². The van der Waals surface area contributed by atoms with E-state index in [4.69, 9.17) is 9.47 Å². The van der Waals surface area contributed by atoms with Crippen LogP contribution < -0.4 is 20.1 Å². The molecule has 0 aliphatic rings. The van der Waals surface area contributed by atoms with Crippen molar-refractivity contribution in [2.75, 3.05) is 33.2 Å². The van der Waals surface area contributed by atoms with Gasteiger partial charge in [-0.25, -0.2) is 9.59 Å². The molecule has 0 spiro atoms. The van der Waals surface area contributed by atoms with E-state index in [1.807, 2.05) is 32.0 Å². The zero-order valence-electron chi connectivity index (χ0n) is 16.8. The number of hydrogen-bond acceptors (Lipinski definition) is 5. The molecule has 0 aliphatic carbocycles. The number of ether oxygens (including phenoxy) is 3. The monoisotopic (exact) mass is 386 g/mol. The predicted molar refractivity (Wildman–Crippen MR) is 107 cm³/mol. The molecule has 0 saturated carbocycles. The molecule has 0 bridgehead atoms.